The summed E-state index contributed by atoms with van der Waals surface area (Å²) < 4.78 is 36.8. The first kappa shape index (κ1) is 18.9. The number of anilines is 1. The van der Waals surface area contributed by atoms with Crippen LogP contribution in [0.2, 0.25) is 0 Å². The van der Waals surface area contributed by atoms with Crippen LogP contribution in [0.25, 0.3) is 6.08 Å². The Labute approximate surface area is 158 Å². The van der Waals surface area contributed by atoms with Crippen LogP contribution in [0.1, 0.15) is 17.5 Å². The van der Waals surface area contributed by atoms with Crippen LogP contribution in [0.3, 0.4) is 0 Å². The SMILES string of the molecule is Cc1ccc(/C=C/S(=O)(=O)NCCC(=O)Nc2ccc3c(c2)OCO3)cc1. The summed E-state index contributed by atoms with van der Waals surface area (Å²) in [5.41, 5.74) is 2.44. The van der Waals surface area contributed by atoms with E-state index in [9.17, 15) is 13.2 Å². The summed E-state index contributed by atoms with van der Waals surface area (Å²) in [5, 5.41) is 3.78. The first-order valence-electron chi connectivity index (χ1n) is 8.35. The number of amides is 1. The van der Waals surface area contributed by atoms with Gasteiger partial charge in [0.25, 0.3) is 0 Å². The summed E-state index contributed by atoms with van der Waals surface area (Å²) in [6.45, 7) is 2.11. The second-order valence-corrected chi connectivity index (χ2v) is 7.67. The minimum absolute atomic E-state index is 0.00302. The Hall–Kier alpha value is -2.84. The lowest BCUT2D eigenvalue weighted by Crippen LogP contribution is -2.26. The number of nitrogens with one attached hydrogen (secondary N) is 2. The number of sulfonamides is 1. The molecule has 2 aromatic carbocycles. The van der Waals surface area contributed by atoms with E-state index in [1.165, 1.54) is 6.08 Å². The molecule has 142 valence electrons. The van der Waals surface area contributed by atoms with Crippen LogP contribution in [0.15, 0.2) is 47.9 Å². The fourth-order valence-corrected chi connectivity index (χ4v) is 3.22. The number of ether oxygens (including phenoxy) is 2. The highest BCUT2D eigenvalue weighted by Gasteiger charge is 2.14. The molecular formula is C19H20N2O5S. The summed E-state index contributed by atoms with van der Waals surface area (Å²) in [7, 11) is -3.61. The van der Waals surface area contributed by atoms with E-state index in [-0.39, 0.29) is 25.7 Å². The molecule has 8 heteroatoms. The smallest absolute Gasteiger partial charge is 0.233 e. The third-order valence-electron chi connectivity index (χ3n) is 3.83. The standard InChI is InChI=1S/C19H20N2O5S/c1-14-2-4-15(5-3-14)9-11-27(23,24)20-10-8-19(22)21-16-6-7-17-18(12-16)26-13-25-17/h2-7,9,11-12,20H,8,10,13H2,1H3,(H,21,22)/b11-9+. The molecule has 3 rings (SSSR count). The van der Waals surface area contributed by atoms with Crippen LogP contribution in [0.5, 0.6) is 11.5 Å². The van der Waals surface area contributed by atoms with E-state index in [0.29, 0.717) is 17.2 Å². The number of rotatable bonds is 7. The van der Waals surface area contributed by atoms with Gasteiger partial charge in [-0.3, -0.25) is 4.79 Å². The van der Waals surface area contributed by atoms with Gasteiger partial charge in [-0.2, -0.15) is 0 Å². The lowest BCUT2D eigenvalue weighted by atomic mass is 10.2. The van der Waals surface area contributed by atoms with E-state index >= 15 is 0 Å². The van der Waals surface area contributed by atoms with Gasteiger partial charge in [-0.25, -0.2) is 13.1 Å². The van der Waals surface area contributed by atoms with Gasteiger partial charge in [0.2, 0.25) is 22.7 Å². The van der Waals surface area contributed by atoms with Crippen LogP contribution in [0, 0.1) is 6.92 Å². The zero-order valence-corrected chi connectivity index (χ0v) is 15.6. The van der Waals surface area contributed by atoms with Gasteiger partial charge in [-0.15, -0.1) is 0 Å². The maximum Gasteiger partial charge on any atom is 0.233 e. The molecule has 1 heterocycles. The molecule has 2 aromatic rings. The van der Waals surface area contributed by atoms with E-state index in [1.54, 1.807) is 18.2 Å². The Morgan fingerprint density at radius 3 is 2.63 bits per heavy atom. The molecule has 1 aliphatic rings. The van der Waals surface area contributed by atoms with E-state index in [2.05, 4.69) is 10.0 Å². The Bertz CT molecular complexity index is 953. The minimum Gasteiger partial charge on any atom is -0.454 e. The van der Waals surface area contributed by atoms with E-state index in [1.807, 2.05) is 31.2 Å². The highest BCUT2D eigenvalue weighted by Crippen LogP contribution is 2.34. The quantitative estimate of drug-likeness (QED) is 0.761. The van der Waals surface area contributed by atoms with Gasteiger partial charge in [-0.1, -0.05) is 29.8 Å². The van der Waals surface area contributed by atoms with Crippen molar-refractivity contribution in [1.29, 1.82) is 0 Å². The molecule has 0 aliphatic carbocycles. The van der Waals surface area contributed by atoms with Gasteiger partial charge in [0.15, 0.2) is 11.5 Å². The zero-order chi connectivity index (χ0) is 19.3. The first-order chi connectivity index (χ1) is 12.9. The monoisotopic (exact) mass is 388 g/mol. The van der Waals surface area contributed by atoms with Crippen molar-refractivity contribution in [3.05, 3.63) is 59.0 Å². The van der Waals surface area contributed by atoms with Crippen LogP contribution in [-0.4, -0.2) is 27.7 Å². The van der Waals surface area contributed by atoms with Crippen molar-refractivity contribution in [2.45, 2.75) is 13.3 Å². The molecule has 0 radical (unpaired) electrons. The van der Waals surface area contributed by atoms with Gasteiger partial charge in [0, 0.05) is 30.1 Å². The Balaban J connectivity index is 1.46. The van der Waals surface area contributed by atoms with E-state index in [0.717, 1.165) is 16.5 Å². The van der Waals surface area contributed by atoms with Crippen LogP contribution >= 0.6 is 0 Å². The average molecular weight is 388 g/mol. The summed E-state index contributed by atoms with van der Waals surface area (Å²) in [6.07, 6.45) is 1.51. The van der Waals surface area contributed by atoms with Crippen LogP contribution in [-0.2, 0) is 14.8 Å². The molecule has 27 heavy (non-hydrogen) atoms. The Morgan fingerprint density at radius 1 is 1.11 bits per heavy atom. The highest BCUT2D eigenvalue weighted by molar-refractivity contribution is 7.92. The third kappa shape index (κ3) is 5.57. The highest BCUT2D eigenvalue weighted by atomic mass is 32.2. The predicted molar refractivity (Wildman–Crippen MR) is 103 cm³/mol. The zero-order valence-electron chi connectivity index (χ0n) is 14.8. The van der Waals surface area contributed by atoms with Gasteiger partial charge in [-0.05, 0) is 30.7 Å². The third-order valence-corrected chi connectivity index (χ3v) is 4.93. The van der Waals surface area contributed by atoms with Gasteiger partial charge >= 0.3 is 0 Å². The molecule has 0 atom stereocenters. The van der Waals surface area contributed by atoms with E-state index < -0.39 is 10.0 Å². The molecule has 0 saturated carbocycles. The number of aryl methyl sites for hydroxylation is 1. The summed E-state index contributed by atoms with van der Waals surface area (Å²) >= 11 is 0. The second-order valence-electron chi connectivity index (χ2n) is 6.02. The maximum absolute atomic E-state index is 12.0. The topological polar surface area (TPSA) is 93.7 Å². The molecule has 0 saturated heterocycles. The predicted octanol–water partition coefficient (Wildman–Crippen LogP) is 2.64. The number of hydrogen-bond donors (Lipinski definition) is 2. The van der Waals surface area contributed by atoms with Gasteiger partial charge < -0.3 is 14.8 Å². The van der Waals surface area contributed by atoms with Gasteiger partial charge in [0.05, 0.1) is 0 Å². The summed E-state index contributed by atoms with van der Waals surface area (Å²) in [5.74, 6) is 0.884. The molecule has 1 amide bonds. The molecule has 0 unspecified atom stereocenters. The normalized spacial score (nSPS) is 13.1. The lowest BCUT2D eigenvalue weighted by Gasteiger charge is -2.06. The van der Waals surface area contributed by atoms with Crippen molar-refractivity contribution >= 4 is 27.7 Å². The molecule has 0 fully saturated rings. The molecule has 0 bridgehead atoms. The largest absolute Gasteiger partial charge is 0.454 e. The number of carbonyl (C=O) groups is 1. The van der Waals surface area contributed by atoms with E-state index in [4.69, 9.17) is 9.47 Å². The van der Waals surface area contributed by atoms with Crippen molar-refractivity contribution in [1.82, 2.24) is 4.72 Å². The van der Waals surface area contributed by atoms with Crippen molar-refractivity contribution in [3.63, 3.8) is 0 Å². The molecule has 7 nitrogen and oxygen atoms in total. The molecule has 0 spiro atoms. The maximum atomic E-state index is 12.0. The molecule has 0 aromatic heterocycles. The summed E-state index contributed by atoms with van der Waals surface area (Å²) in [6, 6.07) is 12.5. The number of carbonyl (C=O) groups excluding carboxylic acids is 1. The summed E-state index contributed by atoms with van der Waals surface area (Å²) in [4.78, 5) is 12.0. The van der Waals surface area contributed by atoms with Crippen molar-refractivity contribution in [3.8, 4) is 11.5 Å². The lowest BCUT2D eigenvalue weighted by molar-refractivity contribution is -0.116. The fourth-order valence-electron chi connectivity index (χ4n) is 2.40. The number of hydrogen-bond acceptors (Lipinski definition) is 5. The molecule has 1 aliphatic heterocycles. The first-order valence-corrected chi connectivity index (χ1v) is 9.90. The van der Waals surface area contributed by atoms with Gasteiger partial charge in [0.1, 0.15) is 0 Å². The fraction of sp³-hybridized carbons (Fsp3) is 0.211. The molecule has 2 N–H and O–H groups in total. The minimum atomic E-state index is -3.61. The van der Waals surface area contributed by atoms with Crippen molar-refractivity contribution in [2.75, 3.05) is 18.7 Å². The number of benzene rings is 2. The molecular weight excluding hydrogens is 368 g/mol. The Morgan fingerprint density at radius 2 is 1.85 bits per heavy atom. The van der Waals surface area contributed by atoms with Crippen LogP contribution < -0.4 is 19.5 Å². The number of fused-ring (bicyclic) bond motifs is 1. The average Bonchev–Trinajstić information content (AvgIpc) is 3.09. The Kier molecular flexibility index (Phi) is 5.78. The van der Waals surface area contributed by atoms with Crippen molar-refractivity contribution in [2.24, 2.45) is 0 Å². The van der Waals surface area contributed by atoms with Crippen molar-refractivity contribution < 1.29 is 22.7 Å². The second kappa shape index (κ2) is 8.24. The van der Waals surface area contributed by atoms with Crippen LogP contribution in [0.4, 0.5) is 5.69 Å².